The van der Waals surface area contributed by atoms with Crippen molar-refractivity contribution in [3.8, 4) is 0 Å². The van der Waals surface area contributed by atoms with Gasteiger partial charge in [-0.2, -0.15) is 0 Å². The van der Waals surface area contributed by atoms with Gasteiger partial charge in [0, 0.05) is 6.26 Å². The smallest absolute Gasteiger partial charge is 0.314 e. The minimum absolute atomic E-state index is 0.155. The van der Waals surface area contributed by atoms with E-state index in [2.05, 4.69) is 4.98 Å². The lowest BCUT2D eigenvalue weighted by atomic mass is 10.5. The van der Waals surface area contributed by atoms with Gasteiger partial charge in [0.1, 0.15) is 5.76 Å². The third-order valence-corrected chi connectivity index (χ3v) is 1.87. The lowest BCUT2D eigenvalue weighted by Gasteiger charge is -1.87. The third kappa shape index (κ3) is 1.78. The normalized spacial score (nSPS) is 11.8. The van der Waals surface area contributed by atoms with Gasteiger partial charge in [-0.25, -0.2) is 13.4 Å². The van der Waals surface area contributed by atoms with Crippen LogP contribution in [0, 0.1) is 0 Å². The van der Waals surface area contributed by atoms with Crippen molar-refractivity contribution in [2.24, 2.45) is 5.73 Å². The van der Waals surface area contributed by atoms with Crippen LogP contribution in [0.25, 0.3) is 0 Å². The number of aromatic nitrogens is 1. The minimum atomic E-state index is -3.33. The number of sulfone groups is 1. The van der Waals surface area contributed by atoms with E-state index in [9.17, 15) is 8.42 Å². The third-order valence-electron chi connectivity index (χ3n) is 1.05. The maximum absolute atomic E-state index is 10.8. The van der Waals surface area contributed by atoms with Crippen molar-refractivity contribution in [3.63, 3.8) is 0 Å². The van der Waals surface area contributed by atoms with Crippen molar-refractivity contribution in [2.45, 2.75) is 11.8 Å². The van der Waals surface area contributed by atoms with Crippen molar-refractivity contribution in [1.82, 2.24) is 4.98 Å². The molecule has 1 aromatic rings. The molecule has 0 amide bonds. The number of hydrogen-bond donors (Lipinski definition) is 1. The largest absolute Gasteiger partial charge is 0.432 e. The Labute approximate surface area is 64.1 Å². The average Bonchev–Trinajstić information content (AvgIpc) is 2.32. The Morgan fingerprint density at radius 1 is 1.73 bits per heavy atom. The maximum Gasteiger partial charge on any atom is 0.314 e. The Bertz CT molecular complexity index is 340. The van der Waals surface area contributed by atoms with Crippen LogP contribution in [-0.2, 0) is 16.4 Å². The predicted molar refractivity (Wildman–Crippen MR) is 37.5 cm³/mol. The Hall–Kier alpha value is -0.880. The van der Waals surface area contributed by atoms with E-state index >= 15 is 0 Å². The second-order valence-corrected chi connectivity index (χ2v) is 3.96. The zero-order chi connectivity index (χ0) is 8.48. The summed E-state index contributed by atoms with van der Waals surface area (Å²) in [4.78, 5) is 3.52. The highest BCUT2D eigenvalue weighted by molar-refractivity contribution is 7.90. The Morgan fingerprint density at radius 3 is 2.64 bits per heavy atom. The van der Waals surface area contributed by atoms with Gasteiger partial charge in [0.05, 0.1) is 12.7 Å². The van der Waals surface area contributed by atoms with Gasteiger partial charge in [-0.15, -0.1) is 0 Å². The molecule has 6 heteroatoms. The molecule has 0 atom stereocenters. The molecule has 0 aromatic carbocycles. The molecule has 0 saturated carbocycles. The van der Waals surface area contributed by atoms with Crippen LogP contribution < -0.4 is 5.73 Å². The first-order chi connectivity index (χ1) is 5.04. The highest BCUT2D eigenvalue weighted by atomic mass is 32.2. The molecule has 0 saturated heterocycles. The Morgan fingerprint density at radius 2 is 2.36 bits per heavy atom. The zero-order valence-electron chi connectivity index (χ0n) is 5.94. The molecule has 0 fully saturated rings. The van der Waals surface area contributed by atoms with E-state index in [4.69, 9.17) is 10.2 Å². The van der Waals surface area contributed by atoms with Crippen molar-refractivity contribution in [3.05, 3.63) is 12.0 Å². The van der Waals surface area contributed by atoms with Gasteiger partial charge >= 0.3 is 5.22 Å². The Balaban J connectivity index is 3.09. The van der Waals surface area contributed by atoms with E-state index in [1.54, 1.807) is 0 Å². The van der Waals surface area contributed by atoms with Gasteiger partial charge < -0.3 is 10.2 Å². The molecule has 1 aromatic heterocycles. The van der Waals surface area contributed by atoms with Crippen LogP contribution in [-0.4, -0.2) is 19.7 Å². The average molecular weight is 176 g/mol. The lowest BCUT2D eigenvalue weighted by Crippen LogP contribution is -1.96. The highest BCUT2D eigenvalue weighted by Crippen LogP contribution is 2.07. The molecule has 0 unspecified atom stereocenters. The first kappa shape index (κ1) is 8.22. The predicted octanol–water partition coefficient (Wildman–Crippen LogP) is -0.463. The minimum Gasteiger partial charge on any atom is -0.432 e. The summed E-state index contributed by atoms with van der Waals surface area (Å²) in [5, 5.41) is -0.280. The number of oxazole rings is 1. The van der Waals surface area contributed by atoms with Crippen molar-refractivity contribution in [1.29, 1.82) is 0 Å². The SMILES string of the molecule is CS(=O)(=O)c1ncc(CN)o1. The molecule has 0 aliphatic carbocycles. The molecule has 11 heavy (non-hydrogen) atoms. The fraction of sp³-hybridized carbons (Fsp3) is 0.400. The van der Waals surface area contributed by atoms with Crippen LogP contribution in [0.15, 0.2) is 15.8 Å². The van der Waals surface area contributed by atoms with Crippen molar-refractivity contribution >= 4 is 9.84 Å². The molecule has 5 nitrogen and oxygen atoms in total. The fourth-order valence-corrected chi connectivity index (χ4v) is 1.06. The number of hydrogen-bond acceptors (Lipinski definition) is 5. The number of rotatable bonds is 2. The molecular formula is C5H8N2O3S. The molecule has 1 rings (SSSR count). The van der Waals surface area contributed by atoms with E-state index in [-0.39, 0.29) is 11.8 Å². The van der Waals surface area contributed by atoms with Crippen LogP contribution in [0.5, 0.6) is 0 Å². The van der Waals surface area contributed by atoms with Crippen LogP contribution in [0.3, 0.4) is 0 Å². The first-order valence-corrected chi connectivity index (χ1v) is 4.78. The van der Waals surface area contributed by atoms with Gasteiger partial charge in [-0.05, 0) is 0 Å². The van der Waals surface area contributed by atoms with E-state index in [0.717, 1.165) is 6.26 Å². The standard InChI is InChI=1S/C5H8N2O3S/c1-11(8,9)5-7-3-4(2-6)10-5/h3H,2,6H2,1H3. The molecule has 0 aliphatic heterocycles. The fourth-order valence-electron chi connectivity index (χ4n) is 0.555. The molecule has 0 aliphatic rings. The van der Waals surface area contributed by atoms with Gasteiger partial charge in [0.15, 0.2) is 0 Å². The van der Waals surface area contributed by atoms with E-state index < -0.39 is 9.84 Å². The van der Waals surface area contributed by atoms with Gasteiger partial charge in [-0.3, -0.25) is 0 Å². The molecule has 2 N–H and O–H groups in total. The summed E-state index contributed by atoms with van der Waals surface area (Å²) in [5.74, 6) is 0.366. The molecule has 0 radical (unpaired) electrons. The molecule has 0 spiro atoms. The molecular weight excluding hydrogens is 168 g/mol. The summed E-state index contributed by atoms with van der Waals surface area (Å²) < 4.78 is 26.3. The second kappa shape index (κ2) is 2.63. The van der Waals surface area contributed by atoms with Crippen LogP contribution >= 0.6 is 0 Å². The quantitative estimate of drug-likeness (QED) is 0.658. The van der Waals surface area contributed by atoms with Crippen LogP contribution in [0.1, 0.15) is 5.76 Å². The van der Waals surface area contributed by atoms with Gasteiger partial charge in [-0.1, -0.05) is 0 Å². The summed E-state index contributed by atoms with van der Waals surface area (Å²) in [6, 6.07) is 0. The number of nitrogens with zero attached hydrogens (tertiary/aromatic N) is 1. The van der Waals surface area contributed by atoms with Crippen LogP contribution in [0.2, 0.25) is 0 Å². The lowest BCUT2D eigenvalue weighted by molar-refractivity contribution is 0.401. The second-order valence-electron chi connectivity index (χ2n) is 2.07. The number of nitrogens with two attached hydrogens (primary N) is 1. The first-order valence-electron chi connectivity index (χ1n) is 2.89. The zero-order valence-corrected chi connectivity index (χ0v) is 6.76. The Kier molecular flexibility index (Phi) is 1.97. The molecule has 1 heterocycles. The van der Waals surface area contributed by atoms with Crippen molar-refractivity contribution < 1.29 is 12.8 Å². The monoisotopic (exact) mass is 176 g/mol. The summed E-state index contributed by atoms with van der Waals surface area (Å²) in [5.41, 5.74) is 5.18. The van der Waals surface area contributed by atoms with E-state index in [1.165, 1.54) is 6.20 Å². The summed E-state index contributed by atoms with van der Waals surface area (Å²) in [6.45, 7) is 0.155. The van der Waals surface area contributed by atoms with Crippen molar-refractivity contribution in [2.75, 3.05) is 6.26 Å². The molecule has 0 bridgehead atoms. The van der Waals surface area contributed by atoms with Gasteiger partial charge in [0.2, 0.25) is 9.84 Å². The van der Waals surface area contributed by atoms with E-state index in [1.807, 2.05) is 0 Å². The van der Waals surface area contributed by atoms with E-state index in [0.29, 0.717) is 5.76 Å². The molecule has 62 valence electrons. The highest BCUT2D eigenvalue weighted by Gasteiger charge is 2.13. The van der Waals surface area contributed by atoms with Crippen LogP contribution in [0.4, 0.5) is 0 Å². The topological polar surface area (TPSA) is 86.2 Å². The summed E-state index contributed by atoms with van der Waals surface area (Å²) in [6.07, 6.45) is 2.33. The maximum atomic E-state index is 10.8. The summed E-state index contributed by atoms with van der Waals surface area (Å²) >= 11 is 0. The summed E-state index contributed by atoms with van der Waals surface area (Å²) in [7, 11) is -3.33. The van der Waals surface area contributed by atoms with Gasteiger partial charge in [0.25, 0.3) is 0 Å².